The number of methoxy groups -OCH3 is 1. The van der Waals surface area contributed by atoms with Crippen LogP contribution in [0.25, 0.3) is 11.8 Å². The molecule has 3 aromatic rings. The number of benzene rings is 3. The highest BCUT2D eigenvalue weighted by Gasteiger charge is 2.32. The number of hydrogen-bond donors (Lipinski definition) is 0. The van der Waals surface area contributed by atoms with Crippen molar-refractivity contribution in [2.24, 2.45) is 0 Å². The Bertz CT molecular complexity index is 1300. The van der Waals surface area contributed by atoms with Crippen LogP contribution in [0.15, 0.2) is 78.4 Å². The van der Waals surface area contributed by atoms with E-state index in [1.165, 1.54) is 12.0 Å². The highest BCUT2D eigenvalue weighted by Crippen LogP contribution is 2.39. The number of rotatable bonds is 6. The van der Waals surface area contributed by atoms with Crippen molar-refractivity contribution < 1.29 is 19.1 Å². The predicted octanol–water partition coefficient (Wildman–Crippen LogP) is 6.65. The summed E-state index contributed by atoms with van der Waals surface area (Å²) in [5.41, 5.74) is 3.36. The van der Waals surface area contributed by atoms with Crippen LogP contribution in [0.2, 0.25) is 10.0 Å². The molecule has 7 heteroatoms. The summed E-state index contributed by atoms with van der Waals surface area (Å²) in [5, 5.41) is 0.902. The lowest BCUT2D eigenvalue weighted by Crippen LogP contribution is -2.25. The van der Waals surface area contributed by atoms with Gasteiger partial charge in [0.1, 0.15) is 5.75 Å². The Morgan fingerprint density at radius 2 is 1.71 bits per heavy atom. The van der Waals surface area contributed by atoms with Gasteiger partial charge in [-0.15, -0.1) is 0 Å². The van der Waals surface area contributed by atoms with Gasteiger partial charge in [-0.25, -0.2) is 4.79 Å². The summed E-state index contributed by atoms with van der Waals surface area (Å²) in [6.07, 6.45) is 3.59. The number of amides is 1. The van der Waals surface area contributed by atoms with Crippen molar-refractivity contribution in [3.05, 3.63) is 105 Å². The second kappa shape index (κ2) is 10.2. The highest BCUT2D eigenvalue weighted by molar-refractivity contribution is 6.36. The fourth-order valence-electron chi connectivity index (χ4n) is 3.62. The molecule has 34 heavy (non-hydrogen) atoms. The van der Waals surface area contributed by atoms with Gasteiger partial charge in [0.15, 0.2) is 0 Å². The first-order chi connectivity index (χ1) is 16.4. The van der Waals surface area contributed by atoms with Crippen LogP contribution in [-0.4, -0.2) is 25.6 Å². The second-order valence-corrected chi connectivity index (χ2v) is 8.28. The Morgan fingerprint density at radius 1 is 1.00 bits per heavy atom. The Hall–Kier alpha value is -3.54. The summed E-state index contributed by atoms with van der Waals surface area (Å²) in [4.78, 5) is 27.2. The van der Waals surface area contributed by atoms with Gasteiger partial charge >= 0.3 is 5.97 Å². The van der Waals surface area contributed by atoms with E-state index in [-0.39, 0.29) is 11.5 Å². The number of hydrogen-bond acceptors (Lipinski definition) is 4. The maximum Gasteiger partial charge on any atom is 0.337 e. The molecule has 4 rings (SSSR count). The lowest BCUT2D eigenvalue weighted by atomic mass is 10.1. The molecule has 0 unspecified atom stereocenters. The minimum absolute atomic E-state index is 0.275. The normalized spacial score (nSPS) is 14.4. The molecule has 0 fully saturated rings. The molecule has 0 bridgehead atoms. The summed E-state index contributed by atoms with van der Waals surface area (Å²) in [6, 6.07) is 19.3. The van der Waals surface area contributed by atoms with Crippen LogP contribution in [0, 0.1) is 0 Å². The number of carbonyl (C=O) groups excluding carboxylic acids is 2. The quantitative estimate of drug-likeness (QED) is 0.285. The first kappa shape index (κ1) is 23.6. The Kier molecular flexibility index (Phi) is 7.06. The fraction of sp³-hybridized carbons (Fsp3) is 0.111. The molecule has 0 saturated carbocycles. The number of nitrogens with zero attached hydrogens (tertiary/aromatic N) is 1. The van der Waals surface area contributed by atoms with E-state index >= 15 is 0 Å². The molecular formula is C27H21Cl2NO4. The zero-order valence-electron chi connectivity index (χ0n) is 18.5. The third kappa shape index (κ3) is 4.86. The summed E-state index contributed by atoms with van der Waals surface area (Å²) >= 11 is 12.6. The lowest BCUT2D eigenvalue weighted by molar-refractivity contribution is -0.113. The van der Waals surface area contributed by atoms with Crippen molar-refractivity contribution in [1.29, 1.82) is 0 Å². The van der Waals surface area contributed by atoms with Gasteiger partial charge < -0.3 is 9.47 Å². The Balaban J connectivity index is 1.81. The SMILES string of the molecule is CCOc1ccc(/C=C2\C=C(c3ccc(Cl)cc3)N(c3cc(C(=O)OC)ccc3Cl)C2=O)cc1. The van der Waals surface area contributed by atoms with Crippen molar-refractivity contribution in [3.8, 4) is 5.75 Å². The van der Waals surface area contributed by atoms with E-state index in [1.807, 2.05) is 43.3 Å². The summed E-state index contributed by atoms with van der Waals surface area (Å²) in [7, 11) is 1.30. The molecule has 1 amide bonds. The van der Waals surface area contributed by atoms with E-state index in [9.17, 15) is 9.59 Å². The molecule has 1 aliphatic rings. The highest BCUT2D eigenvalue weighted by atomic mass is 35.5. The maximum absolute atomic E-state index is 13.6. The molecule has 0 N–H and O–H groups in total. The largest absolute Gasteiger partial charge is 0.494 e. The minimum atomic E-state index is -0.522. The molecule has 1 aliphatic heterocycles. The van der Waals surface area contributed by atoms with Crippen molar-refractivity contribution in [1.82, 2.24) is 0 Å². The first-order valence-corrected chi connectivity index (χ1v) is 11.3. The average molecular weight is 494 g/mol. The van der Waals surface area contributed by atoms with Crippen LogP contribution in [-0.2, 0) is 9.53 Å². The van der Waals surface area contributed by atoms with Gasteiger partial charge in [-0.05, 0) is 72.7 Å². The molecule has 0 atom stereocenters. The van der Waals surface area contributed by atoms with Crippen LogP contribution in [0.1, 0.15) is 28.4 Å². The van der Waals surface area contributed by atoms with Crippen LogP contribution in [0.4, 0.5) is 5.69 Å². The predicted molar refractivity (Wildman–Crippen MR) is 135 cm³/mol. The molecular weight excluding hydrogens is 473 g/mol. The summed E-state index contributed by atoms with van der Waals surface area (Å²) in [6.45, 7) is 2.50. The zero-order valence-corrected chi connectivity index (χ0v) is 20.1. The Morgan fingerprint density at radius 3 is 2.35 bits per heavy atom. The van der Waals surface area contributed by atoms with Gasteiger partial charge in [-0.2, -0.15) is 0 Å². The minimum Gasteiger partial charge on any atom is -0.494 e. The van der Waals surface area contributed by atoms with Crippen LogP contribution < -0.4 is 9.64 Å². The summed E-state index contributed by atoms with van der Waals surface area (Å²) in [5.74, 6) is -0.0395. The van der Waals surface area contributed by atoms with Crippen molar-refractivity contribution in [2.45, 2.75) is 6.92 Å². The van der Waals surface area contributed by atoms with E-state index in [4.69, 9.17) is 32.7 Å². The number of halogens is 2. The van der Waals surface area contributed by atoms with E-state index in [1.54, 1.807) is 42.5 Å². The van der Waals surface area contributed by atoms with E-state index in [2.05, 4.69) is 0 Å². The van der Waals surface area contributed by atoms with Crippen LogP contribution in [0.3, 0.4) is 0 Å². The van der Waals surface area contributed by atoms with Crippen LogP contribution in [0.5, 0.6) is 5.75 Å². The smallest absolute Gasteiger partial charge is 0.337 e. The molecule has 0 spiro atoms. The van der Waals surface area contributed by atoms with Crippen LogP contribution >= 0.6 is 23.2 Å². The number of esters is 1. The van der Waals surface area contributed by atoms with Gasteiger partial charge in [-0.3, -0.25) is 9.69 Å². The van der Waals surface area contributed by atoms with Crippen molar-refractivity contribution in [3.63, 3.8) is 0 Å². The standard InChI is InChI=1S/C27H21Cl2NO4/c1-3-34-22-11-4-17(5-12-22)14-20-16-24(18-6-9-21(28)10-7-18)30(26(20)31)25-15-19(27(32)33-2)8-13-23(25)29/h4-16H,3H2,1-2H3/b20-14+. The van der Waals surface area contributed by atoms with Gasteiger partial charge in [0, 0.05) is 10.6 Å². The lowest BCUT2D eigenvalue weighted by Gasteiger charge is -2.22. The third-order valence-electron chi connectivity index (χ3n) is 5.24. The molecule has 0 aliphatic carbocycles. The van der Waals surface area contributed by atoms with E-state index < -0.39 is 5.97 Å². The van der Waals surface area contributed by atoms with E-state index in [0.29, 0.717) is 33.6 Å². The monoisotopic (exact) mass is 493 g/mol. The van der Waals surface area contributed by atoms with E-state index in [0.717, 1.165) is 16.9 Å². The molecule has 172 valence electrons. The number of anilines is 1. The first-order valence-electron chi connectivity index (χ1n) is 10.6. The molecule has 3 aromatic carbocycles. The average Bonchev–Trinajstić information content (AvgIpc) is 3.16. The molecule has 5 nitrogen and oxygen atoms in total. The second-order valence-electron chi connectivity index (χ2n) is 7.44. The summed E-state index contributed by atoms with van der Waals surface area (Å²) < 4.78 is 10.3. The zero-order chi connectivity index (χ0) is 24.2. The maximum atomic E-state index is 13.6. The fourth-order valence-corrected chi connectivity index (χ4v) is 3.95. The van der Waals surface area contributed by atoms with Gasteiger partial charge in [-0.1, -0.05) is 47.5 Å². The van der Waals surface area contributed by atoms with Crippen molar-refractivity contribution in [2.75, 3.05) is 18.6 Å². The Labute approximate surface area is 207 Å². The van der Waals surface area contributed by atoms with Gasteiger partial charge in [0.25, 0.3) is 5.91 Å². The van der Waals surface area contributed by atoms with Gasteiger partial charge in [0.2, 0.25) is 0 Å². The molecule has 1 heterocycles. The van der Waals surface area contributed by atoms with Gasteiger partial charge in [0.05, 0.1) is 35.7 Å². The number of ether oxygens (including phenoxy) is 2. The molecule has 0 aromatic heterocycles. The van der Waals surface area contributed by atoms with Crippen molar-refractivity contribution >= 4 is 52.5 Å². The topological polar surface area (TPSA) is 55.8 Å². The third-order valence-corrected chi connectivity index (χ3v) is 5.82. The molecule has 0 saturated heterocycles. The molecule has 0 radical (unpaired) electrons. The number of carbonyl (C=O) groups is 2.